The summed E-state index contributed by atoms with van der Waals surface area (Å²) in [5, 5.41) is 0. The van der Waals surface area contributed by atoms with Gasteiger partial charge in [0.05, 0.1) is 11.5 Å². The zero-order valence-electron chi connectivity index (χ0n) is 9.27. The van der Waals surface area contributed by atoms with E-state index < -0.39 is 20.0 Å². The summed E-state index contributed by atoms with van der Waals surface area (Å²) in [6, 6.07) is 0. The predicted octanol–water partition coefficient (Wildman–Crippen LogP) is -1.81. The van der Waals surface area contributed by atoms with Crippen LogP contribution in [0.5, 0.6) is 0 Å². The second-order valence-corrected chi connectivity index (χ2v) is 7.03. The van der Waals surface area contributed by atoms with E-state index in [0.717, 1.165) is 0 Å². The highest BCUT2D eigenvalue weighted by Crippen LogP contribution is 1.89. The molecule has 0 heterocycles. The first kappa shape index (κ1) is 15.8. The minimum Gasteiger partial charge on any atom is -0.330 e. The molecule has 16 heavy (non-hydrogen) atoms. The van der Waals surface area contributed by atoms with Crippen molar-refractivity contribution in [2.24, 2.45) is 5.73 Å². The van der Waals surface area contributed by atoms with Crippen LogP contribution in [-0.4, -0.2) is 48.0 Å². The molecule has 4 N–H and O–H groups in total. The van der Waals surface area contributed by atoms with Crippen LogP contribution in [0.2, 0.25) is 0 Å². The Kier molecular flexibility index (Phi) is 7.07. The molecule has 0 bridgehead atoms. The number of sulfonamides is 2. The van der Waals surface area contributed by atoms with Crippen LogP contribution in [0.25, 0.3) is 0 Å². The van der Waals surface area contributed by atoms with Crippen LogP contribution in [0.15, 0.2) is 0 Å². The molecule has 0 atom stereocenters. The van der Waals surface area contributed by atoms with Gasteiger partial charge in [-0.1, -0.05) is 6.92 Å². The van der Waals surface area contributed by atoms with Gasteiger partial charge < -0.3 is 5.73 Å². The zero-order chi connectivity index (χ0) is 12.7. The largest absolute Gasteiger partial charge is 0.330 e. The van der Waals surface area contributed by atoms with E-state index in [0.29, 0.717) is 13.0 Å². The topological polar surface area (TPSA) is 118 Å². The molecule has 0 unspecified atom stereocenters. The summed E-state index contributed by atoms with van der Waals surface area (Å²) >= 11 is 0. The van der Waals surface area contributed by atoms with Crippen molar-refractivity contribution in [2.45, 2.75) is 13.3 Å². The van der Waals surface area contributed by atoms with E-state index in [2.05, 4.69) is 9.44 Å². The summed E-state index contributed by atoms with van der Waals surface area (Å²) < 4.78 is 49.3. The molecule has 0 aromatic rings. The van der Waals surface area contributed by atoms with Crippen molar-refractivity contribution in [2.75, 3.05) is 31.1 Å². The van der Waals surface area contributed by atoms with Gasteiger partial charge in [0.15, 0.2) is 0 Å². The maximum atomic E-state index is 11.3. The molecule has 0 aliphatic carbocycles. The molecule has 0 saturated heterocycles. The van der Waals surface area contributed by atoms with Crippen LogP contribution in [0.1, 0.15) is 13.3 Å². The van der Waals surface area contributed by atoms with Crippen molar-refractivity contribution in [3.05, 3.63) is 0 Å². The Morgan fingerprint density at radius 2 is 1.56 bits per heavy atom. The fourth-order valence-electron chi connectivity index (χ4n) is 0.969. The quantitative estimate of drug-likeness (QED) is 0.458. The lowest BCUT2D eigenvalue weighted by Crippen LogP contribution is -2.35. The van der Waals surface area contributed by atoms with Gasteiger partial charge in [-0.15, -0.1) is 0 Å². The van der Waals surface area contributed by atoms with Gasteiger partial charge in [-0.25, -0.2) is 26.3 Å². The Bertz CT molecular complexity index is 376. The van der Waals surface area contributed by atoms with Crippen LogP contribution in [0.4, 0.5) is 0 Å². The lowest BCUT2D eigenvalue weighted by Gasteiger charge is -2.06. The summed E-state index contributed by atoms with van der Waals surface area (Å²) in [7, 11) is -6.78. The van der Waals surface area contributed by atoms with Crippen LogP contribution in [-0.2, 0) is 20.0 Å². The summed E-state index contributed by atoms with van der Waals surface area (Å²) in [5.74, 6) is -0.340. The lowest BCUT2D eigenvalue weighted by molar-refractivity contribution is 0.575. The minimum atomic E-state index is -3.40. The van der Waals surface area contributed by atoms with Gasteiger partial charge >= 0.3 is 0 Å². The second-order valence-electron chi connectivity index (χ2n) is 3.17. The predicted molar refractivity (Wildman–Crippen MR) is 62.9 cm³/mol. The number of hydrogen-bond acceptors (Lipinski definition) is 5. The molecule has 0 amide bonds. The van der Waals surface area contributed by atoms with E-state index in [4.69, 9.17) is 5.73 Å². The van der Waals surface area contributed by atoms with Crippen LogP contribution in [0, 0.1) is 0 Å². The summed E-state index contributed by atoms with van der Waals surface area (Å²) in [6.07, 6.45) is 0.356. The first-order chi connectivity index (χ1) is 7.33. The van der Waals surface area contributed by atoms with E-state index in [9.17, 15) is 16.8 Å². The van der Waals surface area contributed by atoms with Crippen molar-refractivity contribution < 1.29 is 16.8 Å². The second kappa shape index (κ2) is 7.17. The fourth-order valence-corrected chi connectivity index (χ4v) is 3.16. The molecule has 0 aliphatic heterocycles. The van der Waals surface area contributed by atoms with Crippen molar-refractivity contribution in [3.8, 4) is 0 Å². The fraction of sp³-hybridized carbons (Fsp3) is 1.00. The number of nitrogens with one attached hydrogen (secondary N) is 2. The molecule has 0 aliphatic rings. The Morgan fingerprint density at radius 3 is 2.06 bits per heavy atom. The zero-order valence-corrected chi connectivity index (χ0v) is 10.9. The highest BCUT2D eigenvalue weighted by molar-refractivity contribution is 7.90. The molecule has 0 spiro atoms. The minimum absolute atomic E-state index is 0.0786. The summed E-state index contributed by atoms with van der Waals surface area (Å²) in [5.41, 5.74) is 5.18. The Hall–Kier alpha value is -0.220. The third kappa shape index (κ3) is 7.99. The normalized spacial score (nSPS) is 12.9. The van der Waals surface area contributed by atoms with E-state index in [1.54, 1.807) is 6.92 Å². The smallest absolute Gasteiger partial charge is 0.212 e. The SMILES string of the molecule is CCNS(=O)(=O)CCNS(=O)(=O)CCCN. The molecule has 0 saturated carbocycles. The first-order valence-electron chi connectivity index (χ1n) is 4.97. The molecule has 0 aromatic carbocycles. The van der Waals surface area contributed by atoms with Gasteiger partial charge in [0.25, 0.3) is 0 Å². The van der Waals surface area contributed by atoms with Crippen LogP contribution >= 0.6 is 0 Å². The average Bonchev–Trinajstić information content (AvgIpc) is 2.14. The van der Waals surface area contributed by atoms with Crippen molar-refractivity contribution >= 4 is 20.0 Å². The van der Waals surface area contributed by atoms with Crippen LogP contribution < -0.4 is 15.2 Å². The summed E-state index contributed by atoms with van der Waals surface area (Å²) in [6.45, 7) is 2.12. The van der Waals surface area contributed by atoms with Crippen molar-refractivity contribution in [3.63, 3.8) is 0 Å². The van der Waals surface area contributed by atoms with Gasteiger partial charge in [0.2, 0.25) is 20.0 Å². The molecule has 98 valence electrons. The molecule has 7 nitrogen and oxygen atoms in total. The van der Waals surface area contributed by atoms with E-state index >= 15 is 0 Å². The third-order valence-corrected chi connectivity index (χ3v) is 4.61. The van der Waals surface area contributed by atoms with E-state index in [1.165, 1.54) is 0 Å². The molecule has 0 fully saturated rings. The van der Waals surface area contributed by atoms with Gasteiger partial charge in [-0.3, -0.25) is 0 Å². The number of rotatable bonds is 9. The van der Waals surface area contributed by atoms with Gasteiger partial charge in [0.1, 0.15) is 0 Å². The Balaban J connectivity index is 3.98. The maximum absolute atomic E-state index is 11.3. The summed E-state index contributed by atoms with van der Waals surface area (Å²) in [4.78, 5) is 0. The van der Waals surface area contributed by atoms with Crippen molar-refractivity contribution in [1.29, 1.82) is 0 Å². The van der Waals surface area contributed by atoms with Crippen LogP contribution in [0.3, 0.4) is 0 Å². The van der Waals surface area contributed by atoms with E-state index in [1.807, 2.05) is 0 Å². The third-order valence-electron chi connectivity index (χ3n) is 1.67. The average molecular weight is 273 g/mol. The molecule has 9 heteroatoms. The lowest BCUT2D eigenvalue weighted by atomic mass is 10.5. The molecule has 0 radical (unpaired) electrons. The Morgan fingerprint density at radius 1 is 1.00 bits per heavy atom. The van der Waals surface area contributed by atoms with Crippen molar-refractivity contribution in [1.82, 2.24) is 9.44 Å². The van der Waals surface area contributed by atoms with Gasteiger partial charge in [-0.05, 0) is 13.0 Å². The molecular weight excluding hydrogens is 254 g/mol. The maximum Gasteiger partial charge on any atom is 0.212 e. The monoisotopic (exact) mass is 273 g/mol. The highest BCUT2D eigenvalue weighted by atomic mass is 32.2. The highest BCUT2D eigenvalue weighted by Gasteiger charge is 2.12. The number of hydrogen-bond donors (Lipinski definition) is 3. The Labute approximate surface area is 96.9 Å². The van der Waals surface area contributed by atoms with E-state index in [-0.39, 0.29) is 24.6 Å². The molecule has 0 aromatic heterocycles. The standard InChI is InChI=1S/C7H19N3O4S2/c1-2-9-16(13,14)7-5-10-15(11,12)6-3-4-8/h9-10H,2-8H2,1H3. The van der Waals surface area contributed by atoms with Gasteiger partial charge in [-0.2, -0.15) is 0 Å². The molecular formula is C7H19N3O4S2. The van der Waals surface area contributed by atoms with Gasteiger partial charge in [0, 0.05) is 13.1 Å². The number of nitrogens with two attached hydrogens (primary N) is 1. The first-order valence-corrected chi connectivity index (χ1v) is 8.28. The molecule has 0 rings (SSSR count).